The van der Waals surface area contributed by atoms with E-state index in [0.717, 1.165) is 18.4 Å². The third-order valence-corrected chi connectivity index (χ3v) is 5.30. The molecule has 1 aliphatic rings. The maximum Gasteiger partial charge on any atom is 0.416 e. The van der Waals surface area contributed by atoms with Gasteiger partial charge in [0.1, 0.15) is 24.4 Å². The maximum absolute atomic E-state index is 12.9. The number of carbonyl (C=O) groups excluding carboxylic acids is 2. The van der Waals surface area contributed by atoms with Gasteiger partial charge in [0.25, 0.3) is 5.91 Å². The maximum atomic E-state index is 12.9. The van der Waals surface area contributed by atoms with Crippen molar-refractivity contribution < 1.29 is 27.5 Å². The molecule has 1 amide bonds. The van der Waals surface area contributed by atoms with Gasteiger partial charge in [0, 0.05) is 17.5 Å². The number of nitrogens with two attached hydrogens (primary N) is 1. The molecule has 0 radical (unpaired) electrons. The summed E-state index contributed by atoms with van der Waals surface area (Å²) in [6.45, 7) is 4.00. The molecule has 7 nitrogen and oxygen atoms in total. The van der Waals surface area contributed by atoms with Crippen molar-refractivity contribution in [3.63, 3.8) is 0 Å². The monoisotopic (exact) mass is 472 g/mol. The second-order valence-corrected chi connectivity index (χ2v) is 7.47. The molecule has 0 bridgehead atoms. The van der Waals surface area contributed by atoms with Gasteiger partial charge >= 0.3 is 6.18 Å². The number of hydrogen-bond donors (Lipinski definition) is 1. The van der Waals surface area contributed by atoms with Crippen molar-refractivity contribution in [2.75, 3.05) is 6.61 Å². The van der Waals surface area contributed by atoms with Gasteiger partial charge in [-0.05, 0) is 42.8 Å². The third-order valence-electron chi connectivity index (χ3n) is 5.30. The molecule has 10 heteroatoms. The van der Waals surface area contributed by atoms with Crippen molar-refractivity contribution in [3.05, 3.63) is 71.8 Å². The molecule has 1 aliphatic heterocycles. The Kier molecular flexibility index (Phi) is 7.83. The van der Waals surface area contributed by atoms with Crippen LogP contribution in [0, 0.1) is 0 Å². The zero-order valence-corrected chi connectivity index (χ0v) is 18.2. The van der Waals surface area contributed by atoms with Crippen LogP contribution >= 0.6 is 0 Å². The summed E-state index contributed by atoms with van der Waals surface area (Å²) in [6, 6.07) is 9.17. The van der Waals surface area contributed by atoms with Crippen LogP contribution in [0.2, 0.25) is 0 Å². The van der Waals surface area contributed by atoms with E-state index in [2.05, 4.69) is 16.7 Å². The first-order valence-electron chi connectivity index (χ1n) is 10.4. The third kappa shape index (κ3) is 5.69. The average Bonchev–Trinajstić information content (AvgIpc) is 3.16. The highest BCUT2D eigenvalue weighted by atomic mass is 19.4. The van der Waals surface area contributed by atoms with E-state index in [9.17, 15) is 22.8 Å². The number of alkyl halides is 3. The van der Waals surface area contributed by atoms with Crippen LogP contribution in [0.5, 0.6) is 5.75 Å². The highest BCUT2D eigenvalue weighted by Gasteiger charge is 2.33. The molecule has 34 heavy (non-hydrogen) atoms. The minimum atomic E-state index is -4.42. The zero-order chi connectivity index (χ0) is 24.7. The Balaban J connectivity index is 1.68. The van der Waals surface area contributed by atoms with Crippen LogP contribution in [0.3, 0.4) is 0 Å². The quantitative estimate of drug-likeness (QED) is 0.183. The average molecular weight is 472 g/mol. The number of benzene rings is 2. The predicted octanol–water partition coefficient (Wildman–Crippen LogP) is 4.29. The standard InChI is InChI=1S/C24H23F3N4O3/c1-2-19(5-4-12-32)31-14-21-20(23(31)33)6-3-7-22(21)34-15-18(30-28)13-29-17-10-8-16(9-11-17)24(25,26)27/h2-3,6-13,19H,1,4-5,14-15,28H2. The van der Waals surface area contributed by atoms with Gasteiger partial charge in [0.05, 0.1) is 30.1 Å². The van der Waals surface area contributed by atoms with E-state index in [1.165, 1.54) is 18.3 Å². The first kappa shape index (κ1) is 24.7. The summed E-state index contributed by atoms with van der Waals surface area (Å²) in [5, 5.41) is 3.61. The molecular formula is C24H23F3N4O3. The summed E-state index contributed by atoms with van der Waals surface area (Å²) in [7, 11) is 0. The minimum absolute atomic E-state index is 0.0681. The number of hydrazone groups is 1. The Morgan fingerprint density at radius 2 is 1.97 bits per heavy atom. The number of ether oxygens (including phenoxy) is 1. The molecule has 1 heterocycles. The number of fused-ring (bicyclic) bond motifs is 1. The van der Waals surface area contributed by atoms with Gasteiger partial charge in [-0.3, -0.25) is 9.79 Å². The number of aldehydes is 1. The fraction of sp³-hybridized carbons (Fsp3) is 0.250. The van der Waals surface area contributed by atoms with E-state index in [-0.39, 0.29) is 24.3 Å². The van der Waals surface area contributed by atoms with Crippen LogP contribution in [0.1, 0.15) is 34.3 Å². The fourth-order valence-corrected chi connectivity index (χ4v) is 3.51. The number of nitrogens with zero attached hydrogens (tertiary/aromatic N) is 3. The number of carbonyl (C=O) groups is 2. The Morgan fingerprint density at radius 3 is 2.59 bits per heavy atom. The zero-order valence-electron chi connectivity index (χ0n) is 18.2. The lowest BCUT2D eigenvalue weighted by atomic mass is 10.1. The summed E-state index contributed by atoms with van der Waals surface area (Å²) in [5.74, 6) is 5.70. The van der Waals surface area contributed by atoms with Crippen molar-refractivity contribution in [1.29, 1.82) is 0 Å². The second-order valence-electron chi connectivity index (χ2n) is 7.47. The van der Waals surface area contributed by atoms with E-state index in [0.29, 0.717) is 42.0 Å². The van der Waals surface area contributed by atoms with Gasteiger partial charge in [-0.25, -0.2) is 0 Å². The van der Waals surface area contributed by atoms with Gasteiger partial charge in [0.2, 0.25) is 0 Å². The fourth-order valence-electron chi connectivity index (χ4n) is 3.51. The molecule has 2 aromatic rings. The molecule has 0 spiro atoms. The van der Waals surface area contributed by atoms with Crippen molar-refractivity contribution in [3.8, 4) is 5.75 Å². The van der Waals surface area contributed by atoms with Gasteiger partial charge in [0.15, 0.2) is 0 Å². The molecule has 2 N–H and O–H groups in total. The van der Waals surface area contributed by atoms with Crippen LogP contribution in [0.15, 0.2) is 65.2 Å². The van der Waals surface area contributed by atoms with Gasteiger partial charge < -0.3 is 20.3 Å². The highest BCUT2D eigenvalue weighted by molar-refractivity contribution is 6.31. The summed E-state index contributed by atoms with van der Waals surface area (Å²) >= 11 is 0. The molecule has 178 valence electrons. The minimum Gasteiger partial charge on any atom is -0.487 e. The van der Waals surface area contributed by atoms with E-state index < -0.39 is 11.7 Å². The molecule has 2 aromatic carbocycles. The smallest absolute Gasteiger partial charge is 0.416 e. The SMILES string of the molecule is C=CC(CCC=O)N1Cc2c(OCC(C=Nc3ccc(C(F)(F)F)cc3)=NN)cccc2C1=O. The number of hydrogen-bond acceptors (Lipinski definition) is 6. The molecule has 0 saturated heterocycles. The van der Waals surface area contributed by atoms with E-state index in [4.69, 9.17) is 10.6 Å². The number of amides is 1. The van der Waals surface area contributed by atoms with Crippen LogP contribution in [-0.4, -0.2) is 41.7 Å². The number of aliphatic imine (C=N–C) groups is 1. The number of rotatable bonds is 10. The van der Waals surface area contributed by atoms with Crippen molar-refractivity contribution in [1.82, 2.24) is 4.90 Å². The van der Waals surface area contributed by atoms with Gasteiger partial charge in [-0.2, -0.15) is 18.3 Å². The van der Waals surface area contributed by atoms with Gasteiger partial charge in [-0.1, -0.05) is 12.1 Å². The molecule has 0 fully saturated rings. The van der Waals surface area contributed by atoms with Crippen molar-refractivity contribution >= 4 is 29.8 Å². The molecule has 1 unspecified atom stereocenters. The molecule has 3 rings (SSSR count). The first-order valence-corrected chi connectivity index (χ1v) is 10.4. The van der Waals surface area contributed by atoms with Crippen LogP contribution in [0.25, 0.3) is 0 Å². The lowest BCUT2D eigenvalue weighted by Crippen LogP contribution is -2.34. The molecule has 0 aromatic heterocycles. The first-order chi connectivity index (χ1) is 16.3. The number of halogens is 3. The second kappa shape index (κ2) is 10.8. The molecule has 0 aliphatic carbocycles. The van der Waals surface area contributed by atoms with E-state index in [1.54, 1.807) is 29.2 Å². The molecular weight excluding hydrogens is 449 g/mol. The van der Waals surface area contributed by atoms with Crippen LogP contribution in [-0.2, 0) is 17.5 Å². The largest absolute Gasteiger partial charge is 0.487 e. The lowest BCUT2D eigenvalue weighted by Gasteiger charge is -2.24. The Morgan fingerprint density at radius 1 is 1.24 bits per heavy atom. The van der Waals surface area contributed by atoms with Crippen LogP contribution in [0.4, 0.5) is 18.9 Å². The summed E-state index contributed by atoms with van der Waals surface area (Å²) < 4.78 is 43.9. The Bertz CT molecular complexity index is 1110. The molecule has 0 saturated carbocycles. The normalized spacial score (nSPS) is 14.9. The summed E-state index contributed by atoms with van der Waals surface area (Å²) in [5.41, 5.74) is 0.964. The lowest BCUT2D eigenvalue weighted by molar-refractivity contribution is -0.137. The Labute approximate surface area is 194 Å². The Hall–Kier alpha value is -3.95. The highest BCUT2D eigenvalue weighted by Crippen LogP contribution is 2.33. The van der Waals surface area contributed by atoms with E-state index >= 15 is 0 Å². The van der Waals surface area contributed by atoms with E-state index in [1.807, 2.05) is 0 Å². The van der Waals surface area contributed by atoms with Crippen molar-refractivity contribution in [2.24, 2.45) is 15.9 Å². The summed E-state index contributed by atoms with van der Waals surface area (Å²) in [4.78, 5) is 29.3. The topological polar surface area (TPSA) is 97.3 Å². The van der Waals surface area contributed by atoms with Crippen LogP contribution < -0.4 is 10.6 Å². The summed E-state index contributed by atoms with van der Waals surface area (Å²) in [6.07, 6.45) is 0.120. The van der Waals surface area contributed by atoms with Crippen molar-refractivity contribution in [2.45, 2.75) is 31.6 Å². The van der Waals surface area contributed by atoms with Gasteiger partial charge in [-0.15, -0.1) is 6.58 Å². The molecule has 1 atom stereocenters. The predicted molar refractivity (Wildman–Crippen MR) is 122 cm³/mol.